The average Bonchev–Trinajstić information content (AvgIpc) is 2.50. The van der Waals surface area contributed by atoms with E-state index in [4.69, 9.17) is 4.18 Å². The van der Waals surface area contributed by atoms with Gasteiger partial charge in [0.1, 0.15) is 5.25 Å². The Labute approximate surface area is 135 Å². The second-order valence-electron chi connectivity index (χ2n) is 5.88. The van der Waals surface area contributed by atoms with E-state index in [1.54, 1.807) is 31.5 Å². The zero-order valence-electron chi connectivity index (χ0n) is 14.0. The number of hydrogen-bond acceptors (Lipinski definition) is 4. The van der Waals surface area contributed by atoms with Gasteiger partial charge in [0.15, 0.2) is 0 Å². The highest BCUT2D eigenvalue weighted by atomic mass is 32.2. The number of pyridine rings is 1. The van der Waals surface area contributed by atoms with Crippen molar-refractivity contribution in [2.45, 2.75) is 77.1 Å². The maximum absolute atomic E-state index is 12.3. The third-order valence-electron chi connectivity index (χ3n) is 3.85. The SMILES string of the molecule is CCCCCCCCC(C)OS(=O)(=O)C(C)c1cccnc1. The Bertz CT molecular complexity index is 502. The van der Waals surface area contributed by atoms with Crippen molar-refractivity contribution >= 4 is 10.1 Å². The van der Waals surface area contributed by atoms with Crippen LogP contribution in [0.25, 0.3) is 0 Å². The van der Waals surface area contributed by atoms with E-state index in [1.807, 2.05) is 6.92 Å². The van der Waals surface area contributed by atoms with Crippen molar-refractivity contribution in [2.24, 2.45) is 0 Å². The van der Waals surface area contributed by atoms with E-state index in [-0.39, 0.29) is 6.10 Å². The first-order chi connectivity index (χ1) is 10.5. The minimum atomic E-state index is -3.60. The van der Waals surface area contributed by atoms with Gasteiger partial charge in [0, 0.05) is 12.4 Å². The predicted octanol–water partition coefficient (Wildman–Crippen LogP) is 4.63. The molecule has 1 aromatic heterocycles. The van der Waals surface area contributed by atoms with Crippen molar-refractivity contribution in [3.63, 3.8) is 0 Å². The minimum absolute atomic E-state index is 0.268. The topological polar surface area (TPSA) is 56.3 Å². The second-order valence-corrected chi connectivity index (χ2v) is 7.77. The van der Waals surface area contributed by atoms with Crippen molar-refractivity contribution in [3.8, 4) is 0 Å². The molecular formula is C17H29NO3S. The lowest BCUT2D eigenvalue weighted by Crippen LogP contribution is -2.20. The Hall–Kier alpha value is -0.940. The van der Waals surface area contributed by atoms with Gasteiger partial charge in [0.2, 0.25) is 0 Å². The van der Waals surface area contributed by atoms with E-state index in [1.165, 1.54) is 25.7 Å². The summed E-state index contributed by atoms with van der Waals surface area (Å²) in [7, 11) is -3.60. The van der Waals surface area contributed by atoms with Crippen LogP contribution in [0.3, 0.4) is 0 Å². The molecule has 2 atom stereocenters. The smallest absolute Gasteiger partial charge is 0.267 e. The molecule has 4 nitrogen and oxygen atoms in total. The standard InChI is InChI=1S/C17H29NO3S/c1-4-5-6-7-8-9-11-15(2)21-22(19,20)16(3)17-12-10-13-18-14-17/h10,12-16H,4-9,11H2,1-3H3. The van der Waals surface area contributed by atoms with Crippen LogP contribution in [0.2, 0.25) is 0 Å². The predicted molar refractivity (Wildman–Crippen MR) is 90.1 cm³/mol. The van der Waals surface area contributed by atoms with Crippen LogP contribution < -0.4 is 0 Å². The fourth-order valence-electron chi connectivity index (χ4n) is 2.36. The van der Waals surface area contributed by atoms with Gasteiger partial charge in [0.25, 0.3) is 10.1 Å². The highest BCUT2D eigenvalue weighted by Crippen LogP contribution is 2.24. The van der Waals surface area contributed by atoms with Crippen LogP contribution in [0, 0.1) is 0 Å². The highest BCUT2D eigenvalue weighted by Gasteiger charge is 2.25. The van der Waals surface area contributed by atoms with Crippen LogP contribution in [0.15, 0.2) is 24.5 Å². The Morgan fingerprint density at radius 1 is 1.14 bits per heavy atom. The van der Waals surface area contributed by atoms with Crippen molar-refractivity contribution < 1.29 is 12.6 Å². The number of aromatic nitrogens is 1. The quantitative estimate of drug-likeness (QED) is 0.439. The van der Waals surface area contributed by atoms with Crippen molar-refractivity contribution in [3.05, 3.63) is 30.1 Å². The van der Waals surface area contributed by atoms with E-state index in [9.17, 15) is 8.42 Å². The van der Waals surface area contributed by atoms with E-state index in [0.717, 1.165) is 19.3 Å². The molecule has 0 saturated heterocycles. The minimum Gasteiger partial charge on any atom is -0.267 e. The third kappa shape index (κ3) is 6.88. The van der Waals surface area contributed by atoms with Gasteiger partial charge in [-0.2, -0.15) is 8.42 Å². The zero-order valence-corrected chi connectivity index (χ0v) is 14.8. The normalized spacial score (nSPS) is 14.7. The molecule has 5 heteroatoms. The van der Waals surface area contributed by atoms with Gasteiger partial charge in [0.05, 0.1) is 6.10 Å². The van der Waals surface area contributed by atoms with Gasteiger partial charge >= 0.3 is 0 Å². The molecule has 0 aliphatic carbocycles. The Balaban J connectivity index is 2.37. The summed E-state index contributed by atoms with van der Waals surface area (Å²) in [6.45, 7) is 5.67. The van der Waals surface area contributed by atoms with Crippen LogP contribution >= 0.6 is 0 Å². The zero-order chi connectivity index (χ0) is 16.4. The van der Waals surface area contributed by atoms with Crippen LogP contribution in [0.5, 0.6) is 0 Å². The lowest BCUT2D eigenvalue weighted by atomic mass is 10.1. The van der Waals surface area contributed by atoms with Crippen LogP contribution in [-0.4, -0.2) is 19.5 Å². The molecule has 0 aliphatic rings. The molecule has 0 bridgehead atoms. The molecule has 0 amide bonds. The summed E-state index contributed by atoms with van der Waals surface area (Å²) in [5, 5.41) is -0.687. The summed E-state index contributed by atoms with van der Waals surface area (Å²) in [4.78, 5) is 3.96. The molecule has 0 spiro atoms. The summed E-state index contributed by atoms with van der Waals surface area (Å²) in [5.74, 6) is 0. The summed E-state index contributed by atoms with van der Waals surface area (Å²) in [6, 6.07) is 3.50. The number of hydrogen-bond donors (Lipinski definition) is 0. The maximum Gasteiger partial charge on any atom is 0.274 e. The Morgan fingerprint density at radius 3 is 2.45 bits per heavy atom. The Morgan fingerprint density at radius 2 is 1.82 bits per heavy atom. The van der Waals surface area contributed by atoms with Gasteiger partial charge in [-0.3, -0.25) is 9.17 Å². The fraction of sp³-hybridized carbons (Fsp3) is 0.706. The molecule has 126 valence electrons. The van der Waals surface area contributed by atoms with Crippen molar-refractivity contribution in [2.75, 3.05) is 0 Å². The fourth-order valence-corrected chi connectivity index (χ4v) is 3.55. The molecule has 0 fully saturated rings. The van der Waals surface area contributed by atoms with E-state index >= 15 is 0 Å². The van der Waals surface area contributed by atoms with Crippen molar-refractivity contribution in [1.82, 2.24) is 4.98 Å². The van der Waals surface area contributed by atoms with E-state index < -0.39 is 15.4 Å². The van der Waals surface area contributed by atoms with Gasteiger partial charge in [-0.15, -0.1) is 0 Å². The van der Waals surface area contributed by atoms with Gasteiger partial charge in [-0.05, 0) is 31.9 Å². The molecule has 22 heavy (non-hydrogen) atoms. The molecule has 1 rings (SSSR count). The van der Waals surface area contributed by atoms with Crippen LogP contribution in [0.1, 0.15) is 76.5 Å². The maximum atomic E-state index is 12.3. The summed E-state index contributed by atoms with van der Waals surface area (Å²) in [5.41, 5.74) is 0.661. The van der Waals surface area contributed by atoms with E-state index in [2.05, 4.69) is 11.9 Å². The van der Waals surface area contributed by atoms with Crippen LogP contribution in [0.4, 0.5) is 0 Å². The Kier molecular flexibility index (Phi) is 8.64. The van der Waals surface area contributed by atoms with Crippen molar-refractivity contribution in [1.29, 1.82) is 0 Å². The lowest BCUT2D eigenvalue weighted by molar-refractivity contribution is 0.210. The molecule has 0 N–H and O–H groups in total. The van der Waals surface area contributed by atoms with E-state index in [0.29, 0.717) is 5.56 Å². The first kappa shape index (κ1) is 19.1. The first-order valence-electron chi connectivity index (χ1n) is 8.29. The van der Waals surface area contributed by atoms with Gasteiger partial charge in [-0.25, -0.2) is 0 Å². The summed E-state index contributed by atoms with van der Waals surface area (Å²) < 4.78 is 29.9. The summed E-state index contributed by atoms with van der Waals surface area (Å²) in [6.07, 6.45) is 10.9. The van der Waals surface area contributed by atoms with Crippen LogP contribution in [-0.2, 0) is 14.3 Å². The molecular weight excluding hydrogens is 298 g/mol. The molecule has 2 unspecified atom stereocenters. The highest BCUT2D eigenvalue weighted by molar-refractivity contribution is 7.87. The first-order valence-corrected chi connectivity index (χ1v) is 9.76. The average molecular weight is 327 g/mol. The molecule has 0 aromatic carbocycles. The van der Waals surface area contributed by atoms with Gasteiger partial charge in [-0.1, -0.05) is 51.5 Å². The molecule has 1 heterocycles. The number of unbranched alkanes of at least 4 members (excludes halogenated alkanes) is 5. The van der Waals surface area contributed by atoms with Gasteiger partial charge < -0.3 is 0 Å². The molecule has 0 saturated carbocycles. The number of nitrogens with zero attached hydrogens (tertiary/aromatic N) is 1. The third-order valence-corrected chi connectivity index (χ3v) is 5.58. The lowest BCUT2D eigenvalue weighted by Gasteiger charge is -2.17. The largest absolute Gasteiger partial charge is 0.274 e. The molecule has 1 aromatic rings. The monoisotopic (exact) mass is 327 g/mol. The number of rotatable bonds is 11. The molecule has 0 aliphatic heterocycles. The molecule has 0 radical (unpaired) electrons. The summed E-state index contributed by atoms with van der Waals surface area (Å²) >= 11 is 0. The second kappa shape index (κ2) is 9.95.